The summed E-state index contributed by atoms with van der Waals surface area (Å²) >= 11 is 1.47. The second kappa shape index (κ2) is 1.75. The predicted octanol–water partition coefficient (Wildman–Crippen LogP) is -0.141. The molecule has 0 spiro atoms. The molecule has 0 aliphatic carbocycles. The van der Waals surface area contributed by atoms with Gasteiger partial charge in [-0.2, -0.15) is 0 Å². The van der Waals surface area contributed by atoms with Crippen LogP contribution in [0.3, 0.4) is 0 Å². The third-order valence-electron chi connectivity index (χ3n) is 1.83. The molecule has 2 rings (SSSR count). The van der Waals surface area contributed by atoms with Crippen LogP contribution in [0.2, 0.25) is 0 Å². The highest BCUT2D eigenvalue weighted by Gasteiger charge is 2.59. The number of rotatable bonds is 1. The maximum absolute atomic E-state index is 11.1. The Morgan fingerprint density at radius 1 is 1.40 bits per heavy atom. The SMILES string of the molecule is CCN1C(=O)[C@H]2S[C@H]2C1=O. The van der Waals surface area contributed by atoms with E-state index in [0.717, 1.165) is 0 Å². The van der Waals surface area contributed by atoms with Crippen LogP contribution in [0.25, 0.3) is 0 Å². The number of amides is 2. The summed E-state index contributed by atoms with van der Waals surface area (Å²) < 4.78 is 0. The van der Waals surface area contributed by atoms with Crippen LogP contribution in [-0.2, 0) is 9.59 Å². The van der Waals surface area contributed by atoms with E-state index in [4.69, 9.17) is 0 Å². The van der Waals surface area contributed by atoms with Crippen molar-refractivity contribution in [3.8, 4) is 0 Å². The molecule has 0 bridgehead atoms. The van der Waals surface area contributed by atoms with E-state index in [1.54, 1.807) is 0 Å². The Labute approximate surface area is 62.8 Å². The fourth-order valence-corrected chi connectivity index (χ4v) is 2.16. The highest BCUT2D eigenvalue weighted by atomic mass is 32.2. The van der Waals surface area contributed by atoms with Gasteiger partial charge in [0.25, 0.3) is 0 Å². The summed E-state index contributed by atoms with van der Waals surface area (Å²) in [6.07, 6.45) is 0. The van der Waals surface area contributed by atoms with E-state index in [-0.39, 0.29) is 22.3 Å². The molecule has 2 saturated heterocycles. The minimum Gasteiger partial charge on any atom is -0.281 e. The Balaban J connectivity index is 2.23. The van der Waals surface area contributed by atoms with Gasteiger partial charge in [0.05, 0.1) is 0 Å². The lowest BCUT2D eigenvalue weighted by molar-refractivity contribution is -0.138. The van der Waals surface area contributed by atoms with Crippen LogP contribution in [0.1, 0.15) is 6.92 Å². The van der Waals surface area contributed by atoms with E-state index in [9.17, 15) is 9.59 Å². The van der Waals surface area contributed by atoms with E-state index in [0.29, 0.717) is 6.54 Å². The van der Waals surface area contributed by atoms with Crippen LogP contribution in [0.15, 0.2) is 0 Å². The van der Waals surface area contributed by atoms with Crippen LogP contribution in [0.5, 0.6) is 0 Å². The molecule has 0 aromatic heterocycles. The van der Waals surface area contributed by atoms with Gasteiger partial charge >= 0.3 is 0 Å². The molecule has 0 radical (unpaired) electrons. The first-order valence-electron chi connectivity index (χ1n) is 3.26. The van der Waals surface area contributed by atoms with Crippen molar-refractivity contribution in [2.24, 2.45) is 0 Å². The lowest BCUT2D eigenvalue weighted by Gasteiger charge is -2.11. The van der Waals surface area contributed by atoms with Gasteiger partial charge in [0.15, 0.2) is 0 Å². The zero-order valence-corrected chi connectivity index (χ0v) is 6.35. The monoisotopic (exact) mass is 157 g/mol. The van der Waals surface area contributed by atoms with Crippen LogP contribution >= 0.6 is 11.8 Å². The topological polar surface area (TPSA) is 37.4 Å². The second-order valence-electron chi connectivity index (χ2n) is 2.40. The Bertz CT molecular complexity index is 196. The summed E-state index contributed by atoms with van der Waals surface area (Å²) in [7, 11) is 0. The molecule has 0 aromatic carbocycles. The molecule has 2 amide bonds. The zero-order chi connectivity index (χ0) is 7.30. The largest absolute Gasteiger partial charge is 0.281 e. The zero-order valence-electron chi connectivity index (χ0n) is 5.53. The summed E-state index contributed by atoms with van der Waals surface area (Å²) in [5.74, 6) is 0.0324. The van der Waals surface area contributed by atoms with Crippen LogP contribution < -0.4 is 0 Å². The van der Waals surface area contributed by atoms with Crippen molar-refractivity contribution < 1.29 is 9.59 Å². The molecule has 2 aliphatic rings. The smallest absolute Gasteiger partial charge is 0.244 e. The third-order valence-corrected chi connectivity index (χ3v) is 3.05. The molecule has 2 fully saturated rings. The number of fused-ring (bicyclic) bond motifs is 1. The van der Waals surface area contributed by atoms with Crippen LogP contribution in [0, 0.1) is 0 Å². The summed E-state index contributed by atoms with van der Waals surface area (Å²) in [5.41, 5.74) is 0. The van der Waals surface area contributed by atoms with Gasteiger partial charge in [0, 0.05) is 6.54 Å². The summed E-state index contributed by atoms with van der Waals surface area (Å²) in [6, 6.07) is 0. The lowest BCUT2D eigenvalue weighted by Crippen LogP contribution is -2.32. The summed E-state index contributed by atoms with van der Waals surface area (Å²) in [5, 5.41) is -0.0140. The van der Waals surface area contributed by atoms with Crippen molar-refractivity contribution in [1.82, 2.24) is 4.90 Å². The first-order chi connectivity index (χ1) is 4.75. The van der Waals surface area contributed by atoms with E-state index in [1.807, 2.05) is 6.92 Å². The Kier molecular flexibility index (Phi) is 1.09. The van der Waals surface area contributed by atoms with E-state index < -0.39 is 0 Å². The number of likely N-dealkylation sites (tertiary alicyclic amines) is 1. The molecule has 0 saturated carbocycles. The maximum atomic E-state index is 11.1. The van der Waals surface area contributed by atoms with Gasteiger partial charge in [-0.15, -0.1) is 11.8 Å². The molecule has 2 atom stereocenters. The van der Waals surface area contributed by atoms with Crippen molar-refractivity contribution in [3.05, 3.63) is 0 Å². The molecule has 0 N–H and O–H groups in total. The number of hydrogen-bond donors (Lipinski definition) is 0. The Morgan fingerprint density at radius 2 is 1.90 bits per heavy atom. The quantitative estimate of drug-likeness (QED) is 0.392. The first kappa shape index (κ1) is 6.22. The number of thioether (sulfide) groups is 1. The molecule has 10 heavy (non-hydrogen) atoms. The van der Waals surface area contributed by atoms with Gasteiger partial charge < -0.3 is 0 Å². The van der Waals surface area contributed by atoms with Gasteiger partial charge in [-0.25, -0.2) is 0 Å². The molecular formula is C6H7NO2S. The molecular weight excluding hydrogens is 150 g/mol. The summed E-state index contributed by atoms with van der Waals surface area (Å²) in [4.78, 5) is 23.5. The molecule has 54 valence electrons. The minimum atomic E-state index is -0.00699. The number of nitrogens with zero attached hydrogens (tertiary/aromatic N) is 1. The number of imide groups is 1. The van der Waals surface area contributed by atoms with Crippen molar-refractivity contribution in [1.29, 1.82) is 0 Å². The van der Waals surface area contributed by atoms with Gasteiger partial charge in [-0.1, -0.05) is 0 Å². The van der Waals surface area contributed by atoms with E-state index in [2.05, 4.69) is 0 Å². The van der Waals surface area contributed by atoms with Crippen molar-refractivity contribution >= 4 is 23.6 Å². The van der Waals surface area contributed by atoms with Gasteiger partial charge in [0.2, 0.25) is 11.8 Å². The fourth-order valence-electron chi connectivity index (χ4n) is 1.22. The molecule has 0 unspecified atom stereocenters. The maximum Gasteiger partial charge on any atom is 0.244 e. The van der Waals surface area contributed by atoms with Crippen LogP contribution in [0.4, 0.5) is 0 Å². The predicted molar refractivity (Wildman–Crippen MR) is 37.6 cm³/mol. The number of hydrogen-bond acceptors (Lipinski definition) is 3. The number of carbonyl (C=O) groups is 2. The Morgan fingerprint density at radius 3 is 2.20 bits per heavy atom. The van der Waals surface area contributed by atoms with Gasteiger partial charge in [-0.05, 0) is 6.92 Å². The third kappa shape index (κ3) is 0.572. The van der Waals surface area contributed by atoms with Crippen molar-refractivity contribution in [2.45, 2.75) is 17.4 Å². The molecule has 2 heterocycles. The first-order valence-corrected chi connectivity index (χ1v) is 4.20. The molecule has 0 aromatic rings. The average Bonchev–Trinajstić information content (AvgIpc) is 2.62. The minimum absolute atomic E-state index is 0.00699. The molecule has 3 nitrogen and oxygen atoms in total. The van der Waals surface area contributed by atoms with Gasteiger partial charge in [-0.3, -0.25) is 14.5 Å². The second-order valence-corrected chi connectivity index (χ2v) is 3.69. The van der Waals surface area contributed by atoms with Crippen molar-refractivity contribution in [3.63, 3.8) is 0 Å². The number of carbonyl (C=O) groups excluding carboxylic acids is 2. The van der Waals surface area contributed by atoms with Crippen molar-refractivity contribution in [2.75, 3.05) is 6.54 Å². The lowest BCUT2D eigenvalue weighted by atomic mass is 10.4. The van der Waals surface area contributed by atoms with Gasteiger partial charge in [0.1, 0.15) is 10.5 Å². The summed E-state index contributed by atoms with van der Waals surface area (Å²) in [6.45, 7) is 2.36. The average molecular weight is 157 g/mol. The highest BCUT2D eigenvalue weighted by Crippen LogP contribution is 2.48. The van der Waals surface area contributed by atoms with Crippen LogP contribution in [-0.4, -0.2) is 33.8 Å². The van der Waals surface area contributed by atoms with E-state index >= 15 is 0 Å². The highest BCUT2D eigenvalue weighted by molar-refractivity contribution is 8.09. The standard InChI is InChI=1S/C6H7NO2S/c1-2-7-5(8)3-4(10-3)6(7)9/h3-4H,2H2,1H3/t3-,4+. The molecule has 4 heteroatoms. The fraction of sp³-hybridized carbons (Fsp3) is 0.667. The molecule has 2 aliphatic heterocycles. The van der Waals surface area contributed by atoms with E-state index in [1.165, 1.54) is 16.7 Å². The normalized spacial score (nSPS) is 36.7. The Hall–Kier alpha value is -0.510.